The molecule has 0 fully saturated rings. The maximum absolute atomic E-state index is 2.46. The molecule has 0 saturated carbocycles. The van der Waals surface area contributed by atoms with E-state index in [0.717, 1.165) is 12.2 Å². The summed E-state index contributed by atoms with van der Waals surface area (Å²) in [6.07, 6.45) is 1.07. The zero-order valence-corrected chi connectivity index (χ0v) is 20.1. The van der Waals surface area contributed by atoms with Crippen LogP contribution in [0.3, 0.4) is 0 Å². The molecule has 0 bridgehead atoms. The van der Waals surface area contributed by atoms with Gasteiger partial charge in [-0.05, 0) is 47.4 Å². The van der Waals surface area contributed by atoms with Gasteiger partial charge in [-0.1, -0.05) is 123 Å². The van der Waals surface area contributed by atoms with Crippen molar-refractivity contribution in [1.82, 2.24) is 0 Å². The molecule has 4 aromatic rings. The van der Waals surface area contributed by atoms with Crippen LogP contribution in [-0.2, 0) is 10.8 Å². The van der Waals surface area contributed by atoms with Crippen LogP contribution in [0.2, 0.25) is 0 Å². The number of aryl methyl sites for hydroxylation is 1. The molecule has 0 saturated heterocycles. The molecule has 0 aromatic heterocycles. The largest absolute Gasteiger partial charge is 0.126 e. The van der Waals surface area contributed by atoms with E-state index in [1.165, 1.54) is 27.1 Å². The van der Waals surface area contributed by atoms with E-state index < -0.39 is 0 Å². The summed E-state index contributed by atoms with van der Waals surface area (Å²) < 4.78 is 0. The Morgan fingerprint density at radius 3 is 1.50 bits per heavy atom. The van der Waals surface area contributed by atoms with E-state index in [-0.39, 0.29) is 10.8 Å². The van der Waals surface area contributed by atoms with Crippen molar-refractivity contribution >= 4 is 11.8 Å². The Hall–Kier alpha value is -2.77. The minimum atomic E-state index is -0.177. The maximum atomic E-state index is 2.46. The van der Waals surface area contributed by atoms with Crippen LogP contribution in [-0.4, -0.2) is 5.75 Å². The highest BCUT2D eigenvalue weighted by atomic mass is 32.2. The normalized spacial score (nSPS) is 13.5. The molecule has 1 heteroatoms. The lowest BCUT2D eigenvalue weighted by Crippen LogP contribution is -2.46. The molecule has 0 N–H and O–H groups in total. The van der Waals surface area contributed by atoms with E-state index >= 15 is 0 Å². The van der Waals surface area contributed by atoms with Gasteiger partial charge >= 0.3 is 0 Å². The minimum Gasteiger partial charge on any atom is -0.126 e. The summed E-state index contributed by atoms with van der Waals surface area (Å²) in [6.45, 7) is 7.10. The highest BCUT2D eigenvalue weighted by Gasteiger charge is 2.47. The second kappa shape index (κ2) is 9.79. The smallest absolute Gasteiger partial charge is 0.0268 e. The first-order valence-corrected chi connectivity index (χ1v) is 12.4. The number of hydrogen-bond acceptors (Lipinski definition) is 1. The Bertz CT molecular complexity index is 1080. The van der Waals surface area contributed by atoms with Gasteiger partial charge in [-0.15, -0.1) is 11.8 Å². The van der Waals surface area contributed by atoms with Gasteiger partial charge in [0, 0.05) is 15.7 Å². The zero-order valence-electron chi connectivity index (χ0n) is 19.3. The summed E-state index contributed by atoms with van der Waals surface area (Å²) in [5.74, 6) is 1.06. The van der Waals surface area contributed by atoms with Crippen LogP contribution in [0.1, 0.15) is 42.5 Å². The highest BCUT2D eigenvalue weighted by molar-refractivity contribution is 7.99. The molecule has 0 heterocycles. The summed E-state index contributed by atoms with van der Waals surface area (Å²) in [5, 5.41) is 0. The van der Waals surface area contributed by atoms with Crippen LogP contribution >= 0.6 is 11.8 Å². The Balaban J connectivity index is 1.81. The molecule has 162 valence electrons. The van der Waals surface area contributed by atoms with Gasteiger partial charge in [-0.25, -0.2) is 0 Å². The zero-order chi connectivity index (χ0) is 22.4. The fourth-order valence-electron chi connectivity index (χ4n) is 4.92. The molecule has 1 atom stereocenters. The Morgan fingerprint density at radius 1 is 0.562 bits per heavy atom. The van der Waals surface area contributed by atoms with Crippen molar-refractivity contribution in [3.8, 4) is 0 Å². The Kier molecular flexibility index (Phi) is 6.86. The van der Waals surface area contributed by atoms with Crippen molar-refractivity contribution < 1.29 is 0 Å². The molecule has 0 amide bonds. The molecule has 0 aliphatic heterocycles. The van der Waals surface area contributed by atoms with Crippen molar-refractivity contribution in [3.63, 3.8) is 0 Å². The van der Waals surface area contributed by atoms with E-state index in [1.807, 2.05) is 11.8 Å². The number of benzene rings is 4. The van der Waals surface area contributed by atoms with Crippen LogP contribution < -0.4 is 0 Å². The maximum Gasteiger partial charge on any atom is 0.0268 e. The third-order valence-corrected chi connectivity index (χ3v) is 8.35. The molecule has 0 aliphatic carbocycles. The third kappa shape index (κ3) is 4.27. The second-order valence-electron chi connectivity index (χ2n) is 8.92. The van der Waals surface area contributed by atoms with Crippen LogP contribution in [0.25, 0.3) is 0 Å². The quantitative estimate of drug-likeness (QED) is 0.250. The second-order valence-corrected chi connectivity index (χ2v) is 10.1. The summed E-state index contributed by atoms with van der Waals surface area (Å²) >= 11 is 1.98. The lowest BCUT2D eigenvalue weighted by atomic mass is 9.55. The lowest BCUT2D eigenvalue weighted by molar-refractivity contribution is 0.293. The van der Waals surface area contributed by atoms with E-state index in [1.54, 1.807) is 0 Å². The average molecular weight is 437 g/mol. The predicted octanol–water partition coefficient (Wildman–Crippen LogP) is 8.44. The third-order valence-electron chi connectivity index (χ3n) is 7.17. The summed E-state index contributed by atoms with van der Waals surface area (Å²) in [5.41, 5.74) is 5.20. The molecule has 0 spiro atoms. The molecular weight excluding hydrogens is 404 g/mol. The highest BCUT2D eigenvalue weighted by Crippen LogP contribution is 2.51. The van der Waals surface area contributed by atoms with Gasteiger partial charge in [-0.2, -0.15) is 0 Å². The van der Waals surface area contributed by atoms with Crippen molar-refractivity contribution in [2.75, 3.05) is 5.75 Å². The summed E-state index contributed by atoms with van der Waals surface area (Å²) in [4.78, 5) is 1.38. The van der Waals surface area contributed by atoms with Gasteiger partial charge < -0.3 is 0 Å². The first-order chi connectivity index (χ1) is 15.6. The standard InChI is InChI=1S/C31H32S/c1-25-15-13-14-22-29(25)32-24-23-30(2,26-16-7-4-8-17-26)31(3,27-18-9-5-10-19-27)28-20-11-6-12-21-28/h4-22H,23-24H2,1-3H3/t30-/m1/s1. The van der Waals surface area contributed by atoms with E-state index in [2.05, 4.69) is 136 Å². The Labute approximate surface area is 197 Å². The summed E-state index contributed by atoms with van der Waals surface area (Å²) in [6, 6.07) is 41.9. The van der Waals surface area contributed by atoms with Crippen LogP contribution in [0.5, 0.6) is 0 Å². The van der Waals surface area contributed by atoms with E-state index in [0.29, 0.717) is 0 Å². The van der Waals surface area contributed by atoms with Crippen molar-refractivity contribution in [1.29, 1.82) is 0 Å². The molecule has 0 aliphatic rings. The van der Waals surface area contributed by atoms with Crippen LogP contribution in [0.15, 0.2) is 120 Å². The molecule has 0 radical (unpaired) electrons. The molecule has 0 unspecified atom stereocenters. The fraction of sp³-hybridized carbons (Fsp3) is 0.226. The van der Waals surface area contributed by atoms with Gasteiger partial charge in [0.15, 0.2) is 0 Å². The fourth-order valence-corrected chi connectivity index (χ4v) is 6.12. The topological polar surface area (TPSA) is 0 Å². The lowest BCUT2D eigenvalue weighted by Gasteiger charge is -2.48. The monoisotopic (exact) mass is 436 g/mol. The Morgan fingerprint density at radius 2 is 1.00 bits per heavy atom. The predicted molar refractivity (Wildman–Crippen MR) is 140 cm³/mol. The molecule has 32 heavy (non-hydrogen) atoms. The molecule has 4 aromatic carbocycles. The van der Waals surface area contributed by atoms with Gasteiger partial charge in [0.1, 0.15) is 0 Å². The van der Waals surface area contributed by atoms with Gasteiger partial charge in [0.05, 0.1) is 0 Å². The number of thioether (sulfide) groups is 1. The SMILES string of the molecule is Cc1ccccc1SCC[C@](C)(c1ccccc1)C(C)(c1ccccc1)c1ccccc1. The molecule has 0 nitrogen and oxygen atoms in total. The minimum absolute atomic E-state index is 0.0906. The van der Waals surface area contributed by atoms with Gasteiger partial charge in [0.25, 0.3) is 0 Å². The average Bonchev–Trinajstić information content (AvgIpc) is 2.86. The van der Waals surface area contributed by atoms with Crippen molar-refractivity contribution in [2.45, 2.75) is 42.9 Å². The molecule has 4 rings (SSSR count). The van der Waals surface area contributed by atoms with Crippen LogP contribution in [0.4, 0.5) is 0 Å². The first kappa shape index (κ1) is 22.4. The molecular formula is C31H32S. The van der Waals surface area contributed by atoms with Gasteiger partial charge in [0.2, 0.25) is 0 Å². The van der Waals surface area contributed by atoms with Crippen LogP contribution in [0, 0.1) is 6.92 Å². The van der Waals surface area contributed by atoms with E-state index in [9.17, 15) is 0 Å². The van der Waals surface area contributed by atoms with E-state index in [4.69, 9.17) is 0 Å². The van der Waals surface area contributed by atoms with Crippen molar-refractivity contribution in [2.24, 2.45) is 0 Å². The summed E-state index contributed by atoms with van der Waals surface area (Å²) in [7, 11) is 0. The van der Waals surface area contributed by atoms with Crippen molar-refractivity contribution in [3.05, 3.63) is 138 Å². The first-order valence-electron chi connectivity index (χ1n) is 11.4. The number of rotatable bonds is 8. The van der Waals surface area contributed by atoms with Gasteiger partial charge in [-0.3, -0.25) is 0 Å². The number of hydrogen-bond donors (Lipinski definition) is 0.